The molecule has 2 aromatic carbocycles. The summed E-state index contributed by atoms with van der Waals surface area (Å²) in [7, 11) is 0. The second kappa shape index (κ2) is 10.2. The van der Waals surface area contributed by atoms with Crippen LogP contribution in [0.2, 0.25) is 0 Å². The van der Waals surface area contributed by atoms with Crippen LogP contribution in [0.5, 0.6) is 0 Å². The van der Waals surface area contributed by atoms with E-state index in [0.717, 1.165) is 62.1 Å². The van der Waals surface area contributed by atoms with Gasteiger partial charge in [0.2, 0.25) is 0 Å². The molecule has 0 unspecified atom stereocenters. The number of rotatable bonds is 6. The molecule has 1 aliphatic heterocycles. The third-order valence-electron chi connectivity index (χ3n) is 5.62. The highest BCUT2D eigenvalue weighted by Gasteiger charge is 2.24. The molecule has 0 atom stereocenters. The molecule has 5 heteroatoms. The van der Waals surface area contributed by atoms with Crippen molar-refractivity contribution >= 4 is 17.5 Å². The van der Waals surface area contributed by atoms with Gasteiger partial charge in [-0.2, -0.15) is 0 Å². The lowest BCUT2D eigenvalue weighted by Gasteiger charge is -2.32. The van der Waals surface area contributed by atoms with E-state index in [0.29, 0.717) is 0 Å². The van der Waals surface area contributed by atoms with Crippen LogP contribution in [-0.4, -0.2) is 35.8 Å². The Balaban J connectivity index is 1.50. The lowest BCUT2D eigenvalue weighted by atomic mass is 10.0. The summed E-state index contributed by atoms with van der Waals surface area (Å²) in [5.41, 5.74) is 4.20. The number of hydrogen-bond acceptors (Lipinski definition) is 3. The molecule has 2 amide bonds. The average Bonchev–Trinajstić information content (AvgIpc) is 2.76. The summed E-state index contributed by atoms with van der Waals surface area (Å²) < 4.78 is 0. The number of amides is 2. The third kappa shape index (κ3) is 5.67. The van der Waals surface area contributed by atoms with Crippen molar-refractivity contribution in [3.8, 4) is 0 Å². The average molecular weight is 394 g/mol. The standard InChI is InChI=1S/C24H31N3O2/c1-3-19-11-8-12-20(4-2)22(19)26-24(29)23(28)25-21-13-15-27(16-14-21)17-18-9-6-5-7-10-18/h5-12,21H,3-4,13-17H2,1-2H3,(H,25,28)(H,26,29). The second-order valence-electron chi connectivity index (χ2n) is 7.62. The summed E-state index contributed by atoms with van der Waals surface area (Å²) in [6, 6.07) is 16.4. The molecule has 0 bridgehead atoms. The zero-order valence-corrected chi connectivity index (χ0v) is 17.4. The third-order valence-corrected chi connectivity index (χ3v) is 5.62. The molecular formula is C24H31N3O2. The van der Waals surface area contributed by atoms with E-state index < -0.39 is 11.8 Å². The first kappa shape index (κ1) is 21.1. The van der Waals surface area contributed by atoms with Crippen LogP contribution in [0, 0.1) is 0 Å². The number of nitrogens with zero attached hydrogens (tertiary/aromatic N) is 1. The van der Waals surface area contributed by atoms with Gasteiger partial charge in [0.25, 0.3) is 0 Å². The van der Waals surface area contributed by atoms with Crippen molar-refractivity contribution in [2.75, 3.05) is 18.4 Å². The normalized spacial score (nSPS) is 15.1. The first-order chi connectivity index (χ1) is 14.1. The smallest absolute Gasteiger partial charge is 0.313 e. The van der Waals surface area contributed by atoms with Crippen molar-refractivity contribution in [3.63, 3.8) is 0 Å². The Kier molecular flexibility index (Phi) is 7.42. The Morgan fingerprint density at radius 2 is 1.52 bits per heavy atom. The van der Waals surface area contributed by atoms with E-state index in [1.165, 1.54) is 5.56 Å². The van der Waals surface area contributed by atoms with Crippen LogP contribution in [0.3, 0.4) is 0 Å². The molecule has 1 aliphatic rings. The maximum Gasteiger partial charge on any atom is 0.313 e. The van der Waals surface area contributed by atoms with E-state index >= 15 is 0 Å². The maximum absolute atomic E-state index is 12.5. The van der Waals surface area contributed by atoms with E-state index in [4.69, 9.17) is 0 Å². The fourth-order valence-corrected chi connectivity index (χ4v) is 3.90. The van der Waals surface area contributed by atoms with Crippen LogP contribution in [0.1, 0.15) is 43.4 Å². The highest BCUT2D eigenvalue weighted by Crippen LogP contribution is 2.22. The molecule has 0 radical (unpaired) electrons. The van der Waals surface area contributed by atoms with E-state index in [1.54, 1.807) is 0 Å². The number of anilines is 1. The number of likely N-dealkylation sites (tertiary alicyclic amines) is 1. The quantitative estimate of drug-likeness (QED) is 0.738. The Bertz CT molecular complexity index is 805. The number of carbonyl (C=O) groups is 2. The summed E-state index contributed by atoms with van der Waals surface area (Å²) in [6.07, 6.45) is 3.34. The van der Waals surface area contributed by atoms with E-state index in [2.05, 4.69) is 39.8 Å². The molecular weight excluding hydrogens is 362 g/mol. The molecule has 29 heavy (non-hydrogen) atoms. The summed E-state index contributed by atoms with van der Waals surface area (Å²) in [4.78, 5) is 27.3. The van der Waals surface area contributed by atoms with Gasteiger partial charge in [0.1, 0.15) is 0 Å². The Hall–Kier alpha value is -2.66. The minimum atomic E-state index is -0.577. The van der Waals surface area contributed by atoms with Crippen LogP contribution in [-0.2, 0) is 29.0 Å². The molecule has 0 saturated carbocycles. The van der Waals surface area contributed by atoms with Gasteiger partial charge in [-0.3, -0.25) is 14.5 Å². The van der Waals surface area contributed by atoms with E-state index in [-0.39, 0.29) is 6.04 Å². The monoisotopic (exact) mass is 393 g/mol. The van der Waals surface area contributed by atoms with Gasteiger partial charge in [-0.15, -0.1) is 0 Å². The molecule has 154 valence electrons. The molecule has 0 spiro atoms. The van der Waals surface area contributed by atoms with Crippen molar-refractivity contribution in [3.05, 3.63) is 65.2 Å². The van der Waals surface area contributed by atoms with E-state index in [1.807, 2.05) is 38.1 Å². The molecule has 2 aromatic rings. The highest BCUT2D eigenvalue weighted by molar-refractivity contribution is 6.39. The van der Waals surface area contributed by atoms with E-state index in [9.17, 15) is 9.59 Å². The Morgan fingerprint density at radius 3 is 2.10 bits per heavy atom. The first-order valence-corrected chi connectivity index (χ1v) is 10.6. The zero-order valence-electron chi connectivity index (χ0n) is 17.4. The number of para-hydroxylation sites is 1. The molecule has 3 rings (SSSR count). The molecule has 2 N–H and O–H groups in total. The molecule has 1 heterocycles. The number of piperidine rings is 1. The highest BCUT2D eigenvalue weighted by atomic mass is 16.2. The summed E-state index contributed by atoms with van der Waals surface area (Å²) in [6.45, 7) is 6.86. The van der Waals surface area contributed by atoms with Crippen molar-refractivity contribution in [2.24, 2.45) is 0 Å². The van der Waals surface area contributed by atoms with Gasteiger partial charge >= 0.3 is 11.8 Å². The fraction of sp³-hybridized carbons (Fsp3) is 0.417. The molecule has 0 aromatic heterocycles. The topological polar surface area (TPSA) is 61.4 Å². The fourth-order valence-electron chi connectivity index (χ4n) is 3.90. The number of nitrogens with one attached hydrogen (secondary N) is 2. The molecule has 1 saturated heterocycles. The molecule has 0 aliphatic carbocycles. The van der Waals surface area contributed by atoms with Crippen LogP contribution in [0.4, 0.5) is 5.69 Å². The molecule has 1 fully saturated rings. The Morgan fingerprint density at radius 1 is 0.897 bits per heavy atom. The van der Waals surface area contributed by atoms with Crippen LogP contribution >= 0.6 is 0 Å². The molecule has 5 nitrogen and oxygen atoms in total. The Labute approximate surface area is 173 Å². The van der Waals surface area contributed by atoms with Crippen LogP contribution < -0.4 is 10.6 Å². The van der Waals surface area contributed by atoms with Gasteiger partial charge in [0, 0.05) is 31.4 Å². The summed E-state index contributed by atoms with van der Waals surface area (Å²) in [5.74, 6) is -1.12. The summed E-state index contributed by atoms with van der Waals surface area (Å²) in [5, 5.41) is 5.77. The van der Waals surface area contributed by atoms with Crippen molar-refractivity contribution < 1.29 is 9.59 Å². The lowest BCUT2D eigenvalue weighted by molar-refractivity contribution is -0.136. The van der Waals surface area contributed by atoms with Gasteiger partial charge in [-0.25, -0.2) is 0 Å². The number of carbonyl (C=O) groups excluding carboxylic acids is 2. The largest absolute Gasteiger partial charge is 0.345 e. The van der Waals surface area contributed by atoms with Crippen LogP contribution in [0.25, 0.3) is 0 Å². The maximum atomic E-state index is 12.5. The van der Waals surface area contributed by atoms with Gasteiger partial charge in [-0.1, -0.05) is 62.4 Å². The first-order valence-electron chi connectivity index (χ1n) is 10.6. The summed E-state index contributed by atoms with van der Waals surface area (Å²) >= 11 is 0. The number of benzene rings is 2. The predicted molar refractivity (Wildman–Crippen MR) is 117 cm³/mol. The minimum absolute atomic E-state index is 0.0485. The van der Waals surface area contributed by atoms with Crippen molar-refractivity contribution in [1.82, 2.24) is 10.2 Å². The van der Waals surface area contributed by atoms with Crippen LogP contribution in [0.15, 0.2) is 48.5 Å². The second-order valence-corrected chi connectivity index (χ2v) is 7.62. The van der Waals surface area contributed by atoms with Gasteiger partial charge in [-0.05, 0) is 42.4 Å². The van der Waals surface area contributed by atoms with Gasteiger partial charge < -0.3 is 10.6 Å². The zero-order chi connectivity index (χ0) is 20.6. The number of hydrogen-bond donors (Lipinski definition) is 2. The van der Waals surface area contributed by atoms with Gasteiger partial charge in [0.05, 0.1) is 0 Å². The van der Waals surface area contributed by atoms with Gasteiger partial charge in [0.15, 0.2) is 0 Å². The number of aryl methyl sites for hydroxylation is 2. The van der Waals surface area contributed by atoms with Crippen molar-refractivity contribution in [1.29, 1.82) is 0 Å². The minimum Gasteiger partial charge on any atom is -0.345 e. The predicted octanol–water partition coefficient (Wildman–Crippen LogP) is 3.53. The van der Waals surface area contributed by atoms with Crippen molar-refractivity contribution in [2.45, 2.75) is 52.1 Å². The SMILES string of the molecule is CCc1cccc(CC)c1NC(=O)C(=O)NC1CCN(Cc2ccccc2)CC1. The lowest BCUT2D eigenvalue weighted by Crippen LogP contribution is -2.47.